The average molecular weight is 459 g/mol. The predicted octanol–water partition coefficient (Wildman–Crippen LogP) is 6.74. The van der Waals surface area contributed by atoms with E-state index >= 15 is 0 Å². The topological polar surface area (TPSA) is 26.3 Å². The molecule has 0 radical (unpaired) electrons. The second-order valence-electron chi connectivity index (χ2n) is 6.31. The number of benzene rings is 2. The second kappa shape index (κ2) is 8.90. The Kier molecular flexibility index (Phi) is 7.04. The van der Waals surface area contributed by atoms with Crippen molar-refractivity contribution in [3.8, 4) is 0 Å². The van der Waals surface area contributed by atoms with Crippen LogP contribution in [0.3, 0.4) is 0 Å². The smallest absolute Gasteiger partial charge is 0.399 e. The number of carbonyl (C=O) groups is 1. The molecule has 0 aliphatic carbocycles. The van der Waals surface area contributed by atoms with Gasteiger partial charge in [0.15, 0.2) is 0 Å². The van der Waals surface area contributed by atoms with E-state index in [1.54, 1.807) is 6.92 Å². The molecule has 7 heteroatoms. The van der Waals surface area contributed by atoms with Crippen molar-refractivity contribution >= 4 is 28.0 Å². The maximum atomic E-state index is 13.8. The molecule has 2 rings (SSSR count). The summed E-state index contributed by atoms with van der Waals surface area (Å²) in [5.74, 6) is -2.91. The molecule has 150 valence electrons. The third kappa shape index (κ3) is 5.22. The summed E-state index contributed by atoms with van der Waals surface area (Å²) in [6.07, 6.45) is -2.18. The SMILES string of the molecule is CCOC(=O)c1ccc(/C=C/C(c2cc(C)c(F)c(C)c2)C(F)(F)F)cc1Br. The highest BCUT2D eigenvalue weighted by Gasteiger charge is 2.39. The summed E-state index contributed by atoms with van der Waals surface area (Å²) in [5.41, 5.74) is 1.07. The average Bonchev–Trinajstić information content (AvgIpc) is 2.58. The first-order chi connectivity index (χ1) is 13.0. The van der Waals surface area contributed by atoms with E-state index in [4.69, 9.17) is 4.74 Å². The van der Waals surface area contributed by atoms with Gasteiger partial charge in [-0.05, 0) is 71.1 Å². The summed E-state index contributed by atoms with van der Waals surface area (Å²) in [6.45, 7) is 4.78. The molecule has 2 aromatic rings. The zero-order valence-electron chi connectivity index (χ0n) is 15.5. The van der Waals surface area contributed by atoms with Crippen molar-refractivity contribution in [3.05, 3.63) is 74.5 Å². The van der Waals surface area contributed by atoms with Crippen molar-refractivity contribution in [3.63, 3.8) is 0 Å². The monoisotopic (exact) mass is 458 g/mol. The molecule has 28 heavy (non-hydrogen) atoms. The molecule has 1 atom stereocenters. The lowest BCUT2D eigenvalue weighted by molar-refractivity contribution is -0.139. The van der Waals surface area contributed by atoms with Crippen molar-refractivity contribution in [2.24, 2.45) is 0 Å². The number of hydrogen-bond acceptors (Lipinski definition) is 2. The zero-order chi connectivity index (χ0) is 21.1. The molecule has 0 saturated heterocycles. The van der Waals surface area contributed by atoms with Gasteiger partial charge < -0.3 is 4.74 Å². The van der Waals surface area contributed by atoms with Crippen molar-refractivity contribution in [2.75, 3.05) is 6.61 Å². The molecule has 0 heterocycles. The standard InChI is InChI=1S/C21H19BrF4O2/c1-4-28-20(27)16-7-5-14(11-18(16)22)6-8-17(21(24,25)26)15-9-12(2)19(23)13(3)10-15/h5-11,17H,4H2,1-3H3/b8-6+. The van der Waals surface area contributed by atoms with Gasteiger partial charge in [0.05, 0.1) is 18.1 Å². The molecule has 2 nitrogen and oxygen atoms in total. The molecule has 0 amide bonds. The zero-order valence-corrected chi connectivity index (χ0v) is 17.1. The van der Waals surface area contributed by atoms with Crippen LogP contribution in [0.25, 0.3) is 6.08 Å². The van der Waals surface area contributed by atoms with Crippen LogP contribution in [0.15, 0.2) is 40.9 Å². The van der Waals surface area contributed by atoms with Gasteiger partial charge in [0, 0.05) is 4.47 Å². The molecular formula is C21H19BrF4O2. The number of carbonyl (C=O) groups excluding carboxylic acids is 1. The number of halogens is 5. The Morgan fingerprint density at radius 2 is 1.79 bits per heavy atom. The first-order valence-corrected chi connectivity index (χ1v) is 9.32. The van der Waals surface area contributed by atoms with Gasteiger partial charge in [-0.2, -0.15) is 13.2 Å². The highest BCUT2D eigenvalue weighted by Crippen LogP contribution is 2.37. The molecule has 0 fully saturated rings. The third-order valence-electron chi connectivity index (χ3n) is 4.14. The second-order valence-corrected chi connectivity index (χ2v) is 7.16. The first-order valence-electron chi connectivity index (χ1n) is 8.52. The summed E-state index contributed by atoms with van der Waals surface area (Å²) in [6, 6.07) is 6.98. The molecular weight excluding hydrogens is 440 g/mol. The molecule has 2 aromatic carbocycles. The Balaban J connectivity index is 2.37. The lowest BCUT2D eigenvalue weighted by Crippen LogP contribution is -2.19. The molecule has 0 bridgehead atoms. The minimum atomic E-state index is -4.53. The summed E-state index contributed by atoms with van der Waals surface area (Å²) >= 11 is 3.24. The minimum Gasteiger partial charge on any atom is -0.462 e. The summed E-state index contributed by atoms with van der Waals surface area (Å²) in [4.78, 5) is 11.8. The molecule has 0 spiro atoms. The fraction of sp³-hybridized carbons (Fsp3) is 0.286. The lowest BCUT2D eigenvalue weighted by Gasteiger charge is -2.19. The fourth-order valence-corrected chi connectivity index (χ4v) is 3.34. The Morgan fingerprint density at radius 3 is 2.29 bits per heavy atom. The van der Waals surface area contributed by atoms with Crippen LogP contribution in [-0.4, -0.2) is 18.8 Å². The molecule has 0 aromatic heterocycles. The van der Waals surface area contributed by atoms with E-state index in [9.17, 15) is 22.4 Å². The van der Waals surface area contributed by atoms with Crippen molar-refractivity contribution in [1.82, 2.24) is 0 Å². The summed E-state index contributed by atoms with van der Waals surface area (Å²) < 4.78 is 59.9. The van der Waals surface area contributed by atoms with Gasteiger partial charge in [0.1, 0.15) is 5.82 Å². The van der Waals surface area contributed by atoms with Crippen molar-refractivity contribution < 1.29 is 27.1 Å². The third-order valence-corrected chi connectivity index (χ3v) is 4.80. The van der Waals surface area contributed by atoms with Crippen LogP contribution in [0.2, 0.25) is 0 Å². The molecule has 1 unspecified atom stereocenters. The van der Waals surface area contributed by atoms with E-state index in [1.165, 1.54) is 50.3 Å². The van der Waals surface area contributed by atoms with E-state index in [-0.39, 0.29) is 28.9 Å². The molecule has 0 saturated carbocycles. The number of ether oxygens (including phenoxy) is 1. The Bertz CT molecular complexity index is 881. The maximum absolute atomic E-state index is 13.8. The predicted molar refractivity (Wildman–Crippen MR) is 104 cm³/mol. The van der Waals surface area contributed by atoms with Crippen LogP contribution in [0.1, 0.15) is 45.5 Å². The number of allylic oxidation sites excluding steroid dienone is 1. The lowest BCUT2D eigenvalue weighted by atomic mass is 9.93. The Hall–Kier alpha value is -2.15. The van der Waals surface area contributed by atoms with Crippen LogP contribution in [0.5, 0.6) is 0 Å². The first kappa shape index (κ1) is 22.1. The van der Waals surface area contributed by atoms with Crippen LogP contribution in [-0.2, 0) is 4.74 Å². The van der Waals surface area contributed by atoms with Crippen molar-refractivity contribution in [1.29, 1.82) is 0 Å². The number of rotatable bonds is 5. The van der Waals surface area contributed by atoms with E-state index in [0.29, 0.717) is 10.0 Å². The van der Waals surface area contributed by atoms with Gasteiger partial charge in [-0.15, -0.1) is 0 Å². The van der Waals surface area contributed by atoms with Gasteiger partial charge in [-0.3, -0.25) is 0 Å². The summed E-state index contributed by atoms with van der Waals surface area (Å²) in [7, 11) is 0. The van der Waals surface area contributed by atoms with E-state index in [1.807, 2.05) is 0 Å². The number of hydrogen-bond donors (Lipinski definition) is 0. The Labute approximate surface area is 169 Å². The van der Waals surface area contributed by atoms with Crippen LogP contribution < -0.4 is 0 Å². The molecule has 0 N–H and O–H groups in total. The molecule has 0 aliphatic heterocycles. The van der Waals surface area contributed by atoms with E-state index in [0.717, 1.165) is 6.08 Å². The maximum Gasteiger partial charge on any atom is 0.399 e. The van der Waals surface area contributed by atoms with Gasteiger partial charge in [-0.1, -0.05) is 30.4 Å². The largest absolute Gasteiger partial charge is 0.462 e. The normalized spacial score (nSPS) is 13.0. The van der Waals surface area contributed by atoms with E-state index in [2.05, 4.69) is 15.9 Å². The van der Waals surface area contributed by atoms with Gasteiger partial charge in [0.25, 0.3) is 0 Å². The fourth-order valence-electron chi connectivity index (χ4n) is 2.78. The van der Waals surface area contributed by atoms with Crippen molar-refractivity contribution in [2.45, 2.75) is 32.9 Å². The van der Waals surface area contributed by atoms with Gasteiger partial charge in [-0.25, -0.2) is 9.18 Å². The van der Waals surface area contributed by atoms with Gasteiger partial charge in [0.2, 0.25) is 0 Å². The summed E-state index contributed by atoms with van der Waals surface area (Å²) in [5, 5.41) is 0. The number of esters is 1. The van der Waals surface area contributed by atoms with Crippen LogP contribution in [0, 0.1) is 19.7 Å². The minimum absolute atomic E-state index is 0.0256. The Morgan fingerprint density at radius 1 is 1.18 bits per heavy atom. The van der Waals surface area contributed by atoms with Crippen LogP contribution >= 0.6 is 15.9 Å². The van der Waals surface area contributed by atoms with E-state index < -0.39 is 23.9 Å². The quantitative estimate of drug-likeness (QED) is 0.366. The number of alkyl halides is 3. The highest BCUT2D eigenvalue weighted by atomic mass is 79.9. The van der Waals surface area contributed by atoms with Gasteiger partial charge >= 0.3 is 12.1 Å². The van der Waals surface area contributed by atoms with Crippen LogP contribution in [0.4, 0.5) is 17.6 Å². The highest BCUT2D eigenvalue weighted by molar-refractivity contribution is 9.10. The number of aryl methyl sites for hydroxylation is 2. The molecule has 0 aliphatic rings.